The van der Waals surface area contributed by atoms with E-state index in [1.165, 1.54) is 0 Å². The van der Waals surface area contributed by atoms with Gasteiger partial charge in [-0.15, -0.1) is 0 Å². The minimum atomic E-state index is -1.65. The Labute approximate surface area is 105 Å². The summed E-state index contributed by atoms with van der Waals surface area (Å²) in [6.45, 7) is -1.02. The molecule has 19 heavy (non-hydrogen) atoms. The lowest BCUT2D eigenvalue weighted by Gasteiger charge is -2.13. The maximum atomic E-state index is 13.2. The molecule has 1 aromatic carbocycles. The summed E-state index contributed by atoms with van der Waals surface area (Å²) in [5.74, 6) is -8.38. The molecule has 0 bridgehead atoms. The van der Waals surface area contributed by atoms with Gasteiger partial charge in [0.15, 0.2) is 17.4 Å². The third kappa shape index (κ3) is 3.73. The minimum Gasteiger partial charge on any atom is -0.487 e. The van der Waals surface area contributed by atoms with Crippen LogP contribution < -0.4 is 9.65 Å². The van der Waals surface area contributed by atoms with Crippen LogP contribution in [0, 0.1) is 34.7 Å². The Hall–Kier alpha value is -1.99. The fourth-order valence-corrected chi connectivity index (χ4v) is 1.20. The maximum absolute atomic E-state index is 13.2. The van der Waals surface area contributed by atoms with E-state index in [2.05, 4.69) is 14.8 Å². The summed E-state index contributed by atoms with van der Waals surface area (Å²) in [5.41, 5.74) is 6.41. The largest absolute Gasteiger partial charge is 0.487 e. The molecule has 0 amide bonds. The molecule has 1 rings (SSSR count). The second-order valence-corrected chi connectivity index (χ2v) is 3.58. The van der Waals surface area contributed by atoms with Crippen LogP contribution >= 0.6 is 0 Å². The number of nitrogens with zero attached hydrogens (tertiary/aromatic N) is 2. The zero-order valence-corrected chi connectivity index (χ0v) is 9.54. The highest BCUT2D eigenvalue weighted by Gasteiger charge is 2.22. The van der Waals surface area contributed by atoms with Crippen molar-refractivity contribution < 1.29 is 27.4 Å². The Morgan fingerprint density at radius 1 is 1.26 bits per heavy atom. The third-order valence-electron chi connectivity index (χ3n) is 2.20. The molecule has 1 unspecified atom stereocenters. The topological polar surface area (TPSA) is 79.8 Å². The molecule has 0 saturated carbocycles. The van der Waals surface area contributed by atoms with E-state index in [9.17, 15) is 17.6 Å². The molecule has 0 spiro atoms. The summed E-state index contributed by atoms with van der Waals surface area (Å²) in [7, 11) is 0. The Kier molecular flexibility index (Phi) is 5.40. The summed E-state index contributed by atoms with van der Waals surface area (Å²) >= 11 is 0. The van der Waals surface area contributed by atoms with Crippen molar-refractivity contribution >= 4 is 0 Å². The first-order valence-electron chi connectivity index (χ1n) is 5.11. The molecule has 0 fully saturated rings. The molecular formula is C10H10F4N3O2+. The smallest absolute Gasteiger partial charge is 0.214 e. The highest BCUT2D eigenvalue weighted by molar-refractivity contribution is 5.28. The summed E-state index contributed by atoms with van der Waals surface area (Å²) < 4.78 is 56.8. The van der Waals surface area contributed by atoms with Gasteiger partial charge in [-0.25, -0.2) is 8.78 Å². The Morgan fingerprint density at radius 2 is 1.84 bits per heavy atom. The second kappa shape index (κ2) is 6.81. The predicted molar refractivity (Wildman–Crippen MR) is 54.5 cm³/mol. The minimum absolute atomic E-state index is 0.0648. The van der Waals surface area contributed by atoms with Crippen molar-refractivity contribution in [3.63, 3.8) is 0 Å². The van der Waals surface area contributed by atoms with Crippen molar-refractivity contribution in [1.82, 2.24) is 4.91 Å². The van der Waals surface area contributed by atoms with E-state index in [-0.39, 0.29) is 12.6 Å². The molecular weight excluding hydrogens is 270 g/mol. The van der Waals surface area contributed by atoms with Gasteiger partial charge in [0.05, 0.1) is 13.2 Å². The van der Waals surface area contributed by atoms with Crippen molar-refractivity contribution in [3.8, 4) is 5.75 Å². The average molecular weight is 280 g/mol. The van der Waals surface area contributed by atoms with Crippen LogP contribution in [-0.2, 0) is 0 Å². The van der Waals surface area contributed by atoms with Gasteiger partial charge in [-0.1, -0.05) is 0 Å². The quantitative estimate of drug-likeness (QED) is 0.360. The van der Waals surface area contributed by atoms with Crippen LogP contribution in [0.1, 0.15) is 0 Å². The van der Waals surface area contributed by atoms with Gasteiger partial charge in [0, 0.05) is 12.0 Å². The number of ether oxygens (including phenoxy) is 1. The van der Waals surface area contributed by atoms with Gasteiger partial charge in [0.2, 0.25) is 16.5 Å². The van der Waals surface area contributed by atoms with E-state index in [1.807, 2.05) is 0 Å². The number of hydrogen-bond acceptors (Lipinski definition) is 4. The van der Waals surface area contributed by atoms with Crippen LogP contribution in [-0.4, -0.2) is 24.9 Å². The summed E-state index contributed by atoms with van der Waals surface area (Å²) in [4.78, 5) is 2.68. The van der Waals surface area contributed by atoms with E-state index in [4.69, 9.17) is 10.6 Å². The summed E-state index contributed by atoms with van der Waals surface area (Å²) in [6, 6.07) is 0.0648. The fraction of sp³-hybridized carbons (Fsp3) is 0.400. The Bertz CT molecular complexity index is 480. The van der Waals surface area contributed by atoms with Crippen LogP contribution in [0.2, 0.25) is 0 Å². The van der Waals surface area contributed by atoms with E-state index >= 15 is 0 Å². The highest BCUT2D eigenvalue weighted by Crippen LogP contribution is 2.26. The van der Waals surface area contributed by atoms with Crippen LogP contribution in [0.15, 0.2) is 11.2 Å². The van der Waals surface area contributed by atoms with E-state index in [1.54, 1.807) is 0 Å². The molecule has 104 valence electrons. The van der Waals surface area contributed by atoms with Gasteiger partial charge in [0.1, 0.15) is 17.2 Å². The lowest BCUT2D eigenvalue weighted by atomic mass is 10.2. The van der Waals surface area contributed by atoms with Crippen molar-refractivity contribution in [2.75, 3.05) is 19.8 Å². The molecule has 0 aliphatic rings. The molecule has 5 nitrogen and oxygen atoms in total. The van der Waals surface area contributed by atoms with Crippen molar-refractivity contribution in [3.05, 3.63) is 29.3 Å². The number of nitrogens with one attached hydrogen (secondary N) is 1. The Balaban J connectivity index is 2.85. The van der Waals surface area contributed by atoms with E-state index in [0.29, 0.717) is 0 Å². The first-order chi connectivity index (χ1) is 9.01. The third-order valence-corrected chi connectivity index (χ3v) is 2.20. The van der Waals surface area contributed by atoms with Gasteiger partial charge >= 0.3 is 0 Å². The zero-order valence-electron chi connectivity index (χ0n) is 9.54. The molecule has 0 heterocycles. The number of halogens is 4. The molecule has 0 aliphatic carbocycles. The maximum Gasteiger partial charge on any atom is 0.214 e. The number of hydrogen-bond donors (Lipinski definition) is 2. The monoisotopic (exact) mass is 280 g/mol. The normalized spacial score (nSPS) is 11.8. The SMILES string of the molecule is N=[N+]=NCC(CO)COc1c(F)c(F)cc(F)c1F. The van der Waals surface area contributed by atoms with E-state index < -0.39 is 48.2 Å². The number of rotatable bonds is 6. The Morgan fingerprint density at radius 3 is 2.32 bits per heavy atom. The van der Waals surface area contributed by atoms with E-state index in [0.717, 1.165) is 0 Å². The lowest BCUT2D eigenvalue weighted by molar-refractivity contribution is 0.157. The van der Waals surface area contributed by atoms with Gasteiger partial charge in [0.25, 0.3) is 0 Å². The van der Waals surface area contributed by atoms with Gasteiger partial charge in [-0.3, -0.25) is 0 Å². The fourth-order valence-electron chi connectivity index (χ4n) is 1.20. The zero-order chi connectivity index (χ0) is 14.4. The number of aliphatic hydroxyl groups excluding tert-OH is 1. The van der Waals surface area contributed by atoms with Crippen LogP contribution in [0.5, 0.6) is 5.75 Å². The molecule has 2 N–H and O–H groups in total. The average Bonchev–Trinajstić information content (AvgIpc) is 2.40. The first kappa shape index (κ1) is 15.1. The van der Waals surface area contributed by atoms with Crippen LogP contribution in [0.3, 0.4) is 0 Å². The molecule has 9 heteroatoms. The molecule has 0 aliphatic heterocycles. The number of aliphatic hydroxyl groups is 1. The lowest BCUT2D eigenvalue weighted by Crippen LogP contribution is -2.20. The van der Waals surface area contributed by atoms with Gasteiger partial charge in [-0.05, 0) is 0 Å². The highest BCUT2D eigenvalue weighted by atomic mass is 19.2. The summed E-state index contributed by atoms with van der Waals surface area (Å²) in [6.07, 6.45) is 0. The van der Waals surface area contributed by atoms with Crippen molar-refractivity contribution in [1.29, 1.82) is 5.53 Å². The number of benzene rings is 1. The molecule has 1 aromatic rings. The molecule has 0 saturated heterocycles. The van der Waals surface area contributed by atoms with Crippen LogP contribution in [0.25, 0.3) is 0 Å². The standard InChI is InChI=1S/C10H10F4N3O2/c11-6-1-7(12)9(14)10(8(6)13)19-4-5(3-18)2-16-17-15/h1,5,15,18H,2-4H2/q+1. The van der Waals surface area contributed by atoms with Gasteiger partial charge in [-0.2, -0.15) is 8.78 Å². The van der Waals surface area contributed by atoms with Crippen molar-refractivity contribution in [2.45, 2.75) is 0 Å². The molecule has 0 radical (unpaired) electrons. The van der Waals surface area contributed by atoms with Crippen LogP contribution in [0.4, 0.5) is 17.6 Å². The van der Waals surface area contributed by atoms with Crippen molar-refractivity contribution in [2.24, 2.45) is 11.0 Å². The first-order valence-corrected chi connectivity index (χ1v) is 5.11. The molecule has 0 aromatic heterocycles. The van der Waals surface area contributed by atoms with Gasteiger partial charge < -0.3 is 9.84 Å². The second-order valence-electron chi connectivity index (χ2n) is 3.58. The predicted octanol–water partition coefficient (Wildman–Crippen LogP) is 1.78. The molecule has 1 atom stereocenters. The summed E-state index contributed by atoms with van der Waals surface area (Å²) in [5, 5.41) is 12.2.